The highest BCUT2D eigenvalue weighted by atomic mass is 16.5. The number of methoxy groups -OCH3 is 1. The molecule has 3 aromatic carbocycles. The minimum absolute atomic E-state index is 0.0404. The van der Waals surface area contributed by atoms with Crippen molar-refractivity contribution >= 4 is 35.2 Å². The molecule has 4 rings (SSSR count). The molecule has 0 saturated carbocycles. The van der Waals surface area contributed by atoms with Gasteiger partial charge in [-0.15, -0.1) is 0 Å². The number of fused-ring (bicyclic) bond motifs is 1. The Morgan fingerprint density at radius 1 is 0.727 bits per heavy atom. The van der Waals surface area contributed by atoms with Crippen LogP contribution in [0.1, 0.15) is 51.8 Å². The van der Waals surface area contributed by atoms with Gasteiger partial charge in [0.15, 0.2) is 12.4 Å². The van der Waals surface area contributed by atoms with Gasteiger partial charge in [0.05, 0.1) is 35.1 Å². The largest absolute Gasteiger partial charge is 0.465 e. The Morgan fingerprint density at radius 3 is 2.03 bits per heavy atom. The maximum Gasteiger partial charge on any atom is 0.338 e. The number of nitrogens with zero attached hydrogens (tertiary/aromatic N) is 1. The van der Waals surface area contributed by atoms with Gasteiger partial charge in [0.25, 0.3) is 11.8 Å². The van der Waals surface area contributed by atoms with Crippen molar-refractivity contribution in [2.45, 2.75) is 0 Å². The van der Waals surface area contributed by atoms with Crippen molar-refractivity contribution < 1.29 is 33.4 Å². The molecule has 3 aromatic rings. The van der Waals surface area contributed by atoms with Crippen LogP contribution in [-0.4, -0.2) is 43.3 Å². The van der Waals surface area contributed by atoms with Crippen LogP contribution < -0.4 is 4.90 Å². The zero-order valence-electron chi connectivity index (χ0n) is 17.4. The first-order valence-corrected chi connectivity index (χ1v) is 9.87. The normalized spacial score (nSPS) is 12.3. The summed E-state index contributed by atoms with van der Waals surface area (Å²) >= 11 is 0. The summed E-state index contributed by atoms with van der Waals surface area (Å²) in [6.07, 6.45) is 0. The average Bonchev–Trinajstić information content (AvgIpc) is 3.11. The molecule has 0 saturated heterocycles. The molecule has 2 amide bonds. The molecule has 0 aliphatic carbocycles. The maximum absolute atomic E-state index is 12.9. The Labute approximate surface area is 188 Å². The fourth-order valence-corrected chi connectivity index (χ4v) is 3.39. The van der Waals surface area contributed by atoms with E-state index in [-0.39, 0.29) is 33.7 Å². The Hall–Kier alpha value is -4.59. The third-order valence-electron chi connectivity index (χ3n) is 5.10. The molecule has 0 N–H and O–H groups in total. The second-order valence-electron chi connectivity index (χ2n) is 7.11. The van der Waals surface area contributed by atoms with Gasteiger partial charge in [0, 0.05) is 5.56 Å². The Balaban J connectivity index is 1.50. The number of carbonyl (C=O) groups is 5. The molecule has 1 aliphatic heterocycles. The summed E-state index contributed by atoms with van der Waals surface area (Å²) in [6.45, 7) is -0.453. The second-order valence-corrected chi connectivity index (χ2v) is 7.11. The molecule has 0 unspecified atom stereocenters. The summed E-state index contributed by atoms with van der Waals surface area (Å²) in [5.41, 5.74) is 1.17. The molecule has 0 fully saturated rings. The number of anilines is 1. The van der Waals surface area contributed by atoms with E-state index in [1.54, 1.807) is 30.3 Å². The lowest BCUT2D eigenvalue weighted by Crippen LogP contribution is -2.29. The molecule has 8 nitrogen and oxygen atoms in total. The number of carbonyl (C=O) groups excluding carboxylic acids is 5. The van der Waals surface area contributed by atoms with Crippen LogP contribution in [0.5, 0.6) is 0 Å². The van der Waals surface area contributed by atoms with Gasteiger partial charge in [-0.3, -0.25) is 14.4 Å². The Kier molecular flexibility index (Phi) is 5.82. The van der Waals surface area contributed by atoms with Crippen LogP contribution in [0.2, 0.25) is 0 Å². The number of ketones is 1. The number of esters is 2. The quantitative estimate of drug-likeness (QED) is 0.327. The number of hydrogen-bond acceptors (Lipinski definition) is 7. The fraction of sp³-hybridized carbons (Fsp3) is 0.0800. The van der Waals surface area contributed by atoms with Crippen LogP contribution in [0.3, 0.4) is 0 Å². The van der Waals surface area contributed by atoms with Gasteiger partial charge in [0.2, 0.25) is 0 Å². The van der Waals surface area contributed by atoms with Gasteiger partial charge in [-0.1, -0.05) is 30.3 Å². The molecule has 1 heterocycles. The molecule has 0 atom stereocenters. The zero-order chi connectivity index (χ0) is 23.5. The van der Waals surface area contributed by atoms with E-state index >= 15 is 0 Å². The molecule has 1 aliphatic rings. The predicted molar refractivity (Wildman–Crippen MR) is 116 cm³/mol. The second kappa shape index (κ2) is 8.88. The van der Waals surface area contributed by atoms with Gasteiger partial charge in [0.1, 0.15) is 0 Å². The van der Waals surface area contributed by atoms with E-state index in [1.165, 1.54) is 49.6 Å². The molecule has 33 heavy (non-hydrogen) atoms. The van der Waals surface area contributed by atoms with Crippen molar-refractivity contribution in [3.8, 4) is 0 Å². The third kappa shape index (κ3) is 4.14. The van der Waals surface area contributed by atoms with Crippen molar-refractivity contribution in [2.24, 2.45) is 0 Å². The summed E-state index contributed by atoms with van der Waals surface area (Å²) in [4.78, 5) is 62.8. The van der Waals surface area contributed by atoms with Crippen LogP contribution >= 0.6 is 0 Å². The highest BCUT2D eigenvalue weighted by Gasteiger charge is 2.37. The van der Waals surface area contributed by atoms with E-state index < -0.39 is 30.4 Å². The number of hydrogen-bond donors (Lipinski definition) is 0. The van der Waals surface area contributed by atoms with Gasteiger partial charge < -0.3 is 9.47 Å². The standard InChI is InChI=1S/C25H17NO7/c1-32-24(30)16-7-10-18(11-8-16)26-22(28)19-12-9-17(13-20(19)23(26)29)25(31)33-14-21(27)15-5-3-2-4-6-15/h2-13H,14H2,1H3. The van der Waals surface area contributed by atoms with Gasteiger partial charge in [-0.2, -0.15) is 0 Å². The molecular formula is C25H17NO7. The van der Waals surface area contributed by atoms with Crippen molar-refractivity contribution in [1.82, 2.24) is 0 Å². The molecule has 164 valence electrons. The smallest absolute Gasteiger partial charge is 0.338 e. The van der Waals surface area contributed by atoms with Crippen LogP contribution in [-0.2, 0) is 9.47 Å². The summed E-state index contributed by atoms with van der Waals surface area (Å²) < 4.78 is 9.72. The van der Waals surface area contributed by atoms with Gasteiger partial charge >= 0.3 is 11.9 Å². The van der Waals surface area contributed by atoms with Crippen molar-refractivity contribution in [2.75, 3.05) is 18.6 Å². The van der Waals surface area contributed by atoms with E-state index in [2.05, 4.69) is 4.74 Å². The van der Waals surface area contributed by atoms with Crippen LogP contribution in [0.25, 0.3) is 0 Å². The summed E-state index contributed by atoms with van der Waals surface area (Å²) in [5.74, 6) is -2.87. The van der Waals surface area contributed by atoms with Gasteiger partial charge in [-0.05, 0) is 42.5 Å². The highest BCUT2D eigenvalue weighted by molar-refractivity contribution is 6.34. The molecule has 0 spiro atoms. The molecule has 0 radical (unpaired) electrons. The predicted octanol–water partition coefficient (Wildman–Crippen LogP) is 3.31. The number of imide groups is 1. The maximum atomic E-state index is 12.9. The first-order valence-electron chi connectivity index (χ1n) is 9.87. The van der Waals surface area contributed by atoms with E-state index in [9.17, 15) is 24.0 Å². The lowest BCUT2D eigenvalue weighted by Gasteiger charge is -2.14. The fourth-order valence-electron chi connectivity index (χ4n) is 3.39. The Bertz CT molecular complexity index is 1280. The molecule has 0 bridgehead atoms. The minimum atomic E-state index is -0.789. The Morgan fingerprint density at radius 2 is 1.36 bits per heavy atom. The van der Waals surface area contributed by atoms with E-state index in [0.717, 1.165) is 4.90 Å². The SMILES string of the molecule is COC(=O)c1ccc(N2C(=O)c3ccc(C(=O)OCC(=O)c4ccccc4)cc3C2=O)cc1. The van der Waals surface area contributed by atoms with E-state index in [1.807, 2.05) is 0 Å². The minimum Gasteiger partial charge on any atom is -0.465 e. The molecule has 8 heteroatoms. The molecule has 0 aromatic heterocycles. The van der Waals surface area contributed by atoms with E-state index in [0.29, 0.717) is 5.56 Å². The first-order chi connectivity index (χ1) is 15.9. The van der Waals surface area contributed by atoms with Gasteiger partial charge in [-0.25, -0.2) is 14.5 Å². The lowest BCUT2D eigenvalue weighted by molar-refractivity contribution is 0.0474. The monoisotopic (exact) mass is 443 g/mol. The summed E-state index contributed by atoms with van der Waals surface area (Å²) in [6, 6.07) is 18.2. The van der Waals surface area contributed by atoms with E-state index in [4.69, 9.17) is 4.74 Å². The van der Waals surface area contributed by atoms with Crippen LogP contribution in [0.15, 0.2) is 72.8 Å². The summed E-state index contributed by atoms with van der Waals surface area (Å²) in [7, 11) is 1.25. The first kappa shape index (κ1) is 21.6. The average molecular weight is 443 g/mol. The van der Waals surface area contributed by atoms with Crippen molar-refractivity contribution in [1.29, 1.82) is 0 Å². The number of benzene rings is 3. The highest BCUT2D eigenvalue weighted by Crippen LogP contribution is 2.29. The van der Waals surface area contributed by atoms with Crippen molar-refractivity contribution in [3.05, 3.63) is 101 Å². The summed E-state index contributed by atoms with van der Waals surface area (Å²) in [5, 5.41) is 0. The topological polar surface area (TPSA) is 107 Å². The van der Waals surface area contributed by atoms with Crippen LogP contribution in [0, 0.1) is 0 Å². The lowest BCUT2D eigenvalue weighted by atomic mass is 10.1. The number of Topliss-reactive ketones (excluding diaryl/α,β-unsaturated/α-hetero) is 1. The number of amides is 2. The van der Waals surface area contributed by atoms with Crippen LogP contribution in [0.4, 0.5) is 5.69 Å². The van der Waals surface area contributed by atoms with Crippen molar-refractivity contribution in [3.63, 3.8) is 0 Å². The third-order valence-corrected chi connectivity index (χ3v) is 5.10. The number of ether oxygens (including phenoxy) is 2. The zero-order valence-corrected chi connectivity index (χ0v) is 17.4. The molecular weight excluding hydrogens is 426 g/mol. The number of rotatable bonds is 6.